The predicted octanol–water partition coefficient (Wildman–Crippen LogP) is 4.25. The van der Waals surface area contributed by atoms with Gasteiger partial charge in [0.1, 0.15) is 0 Å². The molecule has 1 saturated heterocycles. The fourth-order valence-corrected chi connectivity index (χ4v) is 2.67. The number of aromatic nitrogens is 2. The van der Waals surface area contributed by atoms with Gasteiger partial charge in [-0.2, -0.15) is 4.98 Å². The fourth-order valence-electron chi connectivity index (χ4n) is 2.37. The van der Waals surface area contributed by atoms with Gasteiger partial charge in [0.2, 0.25) is 0 Å². The molecule has 1 aliphatic rings. The van der Waals surface area contributed by atoms with Gasteiger partial charge in [-0.15, -0.1) is 0 Å². The van der Waals surface area contributed by atoms with E-state index in [0.717, 1.165) is 18.5 Å². The highest BCUT2D eigenvalue weighted by Gasteiger charge is 2.20. The second-order valence-electron chi connectivity index (χ2n) is 4.94. The molecule has 1 fully saturated rings. The summed E-state index contributed by atoms with van der Waals surface area (Å²) in [5.41, 5.74) is 0.784. The summed E-state index contributed by atoms with van der Waals surface area (Å²) in [4.78, 5) is 4.47. The van der Waals surface area contributed by atoms with Gasteiger partial charge in [0.25, 0.3) is 5.89 Å². The van der Waals surface area contributed by atoms with E-state index in [2.05, 4.69) is 15.5 Å². The zero-order valence-corrected chi connectivity index (χ0v) is 12.4. The van der Waals surface area contributed by atoms with E-state index in [1.165, 1.54) is 19.3 Å². The highest BCUT2D eigenvalue weighted by molar-refractivity contribution is 6.42. The second kappa shape index (κ2) is 6.12. The van der Waals surface area contributed by atoms with Gasteiger partial charge < -0.3 is 9.84 Å². The molecule has 0 bridgehead atoms. The van der Waals surface area contributed by atoms with Gasteiger partial charge in [-0.05, 0) is 37.6 Å². The molecule has 1 unspecified atom stereocenters. The lowest BCUT2D eigenvalue weighted by Crippen LogP contribution is -2.21. The van der Waals surface area contributed by atoms with Crippen molar-refractivity contribution in [3.63, 3.8) is 0 Å². The number of benzene rings is 1. The Kier molecular flexibility index (Phi) is 4.24. The molecule has 0 amide bonds. The molecule has 1 N–H and O–H groups in total. The third-order valence-corrected chi connectivity index (χ3v) is 4.22. The molecule has 6 heteroatoms. The monoisotopic (exact) mass is 311 g/mol. The van der Waals surface area contributed by atoms with Crippen LogP contribution in [-0.2, 0) is 0 Å². The molecule has 1 aliphatic heterocycles. The smallest absolute Gasteiger partial charge is 0.258 e. The SMILES string of the molecule is Clc1ccc(-c2nc(C3CCCCCN3)no2)cc1Cl. The Morgan fingerprint density at radius 1 is 1.15 bits per heavy atom. The van der Waals surface area contributed by atoms with Crippen molar-refractivity contribution in [2.24, 2.45) is 0 Å². The van der Waals surface area contributed by atoms with Crippen LogP contribution in [-0.4, -0.2) is 16.7 Å². The average molecular weight is 312 g/mol. The van der Waals surface area contributed by atoms with Crippen molar-refractivity contribution in [1.29, 1.82) is 0 Å². The van der Waals surface area contributed by atoms with Crippen LogP contribution in [0.1, 0.15) is 37.5 Å². The van der Waals surface area contributed by atoms with Crippen molar-refractivity contribution in [2.45, 2.75) is 31.7 Å². The molecule has 106 valence electrons. The first-order valence-electron chi connectivity index (χ1n) is 6.76. The van der Waals surface area contributed by atoms with E-state index in [0.29, 0.717) is 21.8 Å². The van der Waals surface area contributed by atoms with E-state index < -0.39 is 0 Å². The molecule has 1 atom stereocenters. The summed E-state index contributed by atoms with van der Waals surface area (Å²) >= 11 is 11.9. The minimum Gasteiger partial charge on any atom is -0.334 e. The predicted molar refractivity (Wildman–Crippen MR) is 79.0 cm³/mol. The second-order valence-corrected chi connectivity index (χ2v) is 5.76. The van der Waals surface area contributed by atoms with Crippen LogP contribution in [0.15, 0.2) is 22.7 Å². The molecule has 1 aromatic heterocycles. The van der Waals surface area contributed by atoms with E-state index >= 15 is 0 Å². The lowest BCUT2D eigenvalue weighted by Gasteiger charge is -2.09. The summed E-state index contributed by atoms with van der Waals surface area (Å²) in [5, 5.41) is 8.53. The lowest BCUT2D eigenvalue weighted by atomic mass is 10.1. The molecule has 0 spiro atoms. The highest BCUT2D eigenvalue weighted by atomic mass is 35.5. The number of nitrogens with one attached hydrogen (secondary N) is 1. The van der Waals surface area contributed by atoms with E-state index in [-0.39, 0.29) is 6.04 Å². The molecule has 0 aliphatic carbocycles. The quantitative estimate of drug-likeness (QED) is 0.901. The van der Waals surface area contributed by atoms with Crippen LogP contribution in [0.3, 0.4) is 0 Å². The molecule has 1 aromatic carbocycles. The number of hydrogen-bond acceptors (Lipinski definition) is 4. The van der Waals surface area contributed by atoms with Crippen LogP contribution < -0.4 is 5.32 Å². The van der Waals surface area contributed by atoms with Crippen molar-refractivity contribution in [1.82, 2.24) is 15.5 Å². The Bertz CT molecular complexity index is 592. The normalized spacial score (nSPS) is 19.8. The van der Waals surface area contributed by atoms with Gasteiger partial charge in [0.05, 0.1) is 16.1 Å². The first kappa shape index (κ1) is 13.9. The van der Waals surface area contributed by atoms with Gasteiger partial charge in [0.15, 0.2) is 5.82 Å². The van der Waals surface area contributed by atoms with Crippen LogP contribution in [0, 0.1) is 0 Å². The number of hydrogen-bond donors (Lipinski definition) is 1. The molecule has 4 nitrogen and oxygen atoms in total. The summed E-state index contributed by atoms with van der Waals surface area (Å²) in [6.07, 6.45) is 4.68. The maximum atomic E-state index is 6.01. The molecule has 0 saturated carbocycles. The molecule has 2 heterocycles. The topological polar surface area (TPSA) is 51.0 Å². The molecule has 3 rings (SSSR count). The minimum absolute atomic E-state index is 0.178. The summed E-state index contributed by atoms with van der Waals surface area (Å²) in [6, 6.07) is 5.47. The average Bonchev–Trinajstić information content (AvgIpc) is 2.78. The molecule has 2 aromatic rings. The Labute approximate surface area is 127 Å². The minimum atomic E-state index is 0.178. The highest BCUT2D eigenvalue weighted by Crippen LogP contribution is 2.29. The number of rotatable bonds is 2. The summed E-state index contributed by atoms with van der Waals surface area (Å²) in [6.45, 7) is 1.00. The standard InChI is InChI=1S/C14H15Cl2N3O/c15-10-6-5-9(8-11(10)16)14-18-13(19-20-14)12-4-2-1-3-7-17-12/h5-6,8,12,17H,1-4,7H2. The summed E-state index contributed by atoms with van der Waals surface area (Å²) in [5.74, 6) is 1.19. The number of halogens is 2. The van der Waals surface area contributed by atoms with Gasteiger partial charge in [-0.3, -0.25) is 0 Å². The van der Waals surface area contributed by atoms with Gasteiger partial charge in [0, 0.05) is 5.56 Å². The maximum absolute atomic E-state index is 6.01. The molecule has 20 heavy (non-hydrogen) atoms. The molecular formula is C14H15Cl2N3O. The van der Waals surface area contributed by atoms with Gasteiger partial charge in [-0.25, -0.2) is 0 Å². The van der Waals surface area contributed by atoms with Crippen molar-refractivity contribution in [3.8, 4) is 11.5 Å². The Hall–Kier alpha value is -1.10. The third-order valence-electron chi connectivity index (χ3n) is 3.48. The Balaban J connectivity index is 1.83. The van der Waals surface area contributed by atoms with E-state index in [4.69, 9.17) is 27.7 Å². The first-order chi connectivity index (χ1) is 9.74. The van der Waals surface area contributed by atoms with Crippen LogP contribution in [0.2, 0.25) is 10.0 Å². The van der Waals surface area contributed by atoms with Crippen LogP contribution in [0.5, 0.6) is 0 Å². The van der Waals surface area contributed by atoms with Crippen molar-refractivity contribution < 1.29 is 4.52 Å². The maximum Gasteiger partial charge on any atom is 0.258 e. The zero-order valence-electron chi connectivity index (χ0n) is 10.9. The van der Waals surface area contributed by atoms with Crippen LogP contribution in [0.25, 0.3) is 11.5 Å². The first-order valence-corrected chi connectivity index (χ1v) is 7.52. The van der Waals surface area contributed by atoms with E-state index in [1.54, 1.807) is 12.1 Å². The Morgan fingerprint density at radius 3 is 2.90 bits per heavy atom. The van der Waals surface area contributed by atoms with Crippen molar-refractivity contribution in [3.05, 3.63) is 34.1 Å². The van der Waals surface area contributed by atoms with Gasteiger partial charge >= 0.3 is 0 Å². The van der Waals surface area contributed by atoms with E-state index in [9.17, 15) is 0 Å². The molecular weight excluding hydrogens is 297 g/mol. The van der Waals surface area contributed by atoms with Gasteiger partial charge in [-0.1, -0.05) is 41.2 Å². The number of nitrogens with zero attached hydrogens (tertiary/aromatic N) is 2. The summed E-state index contributed by atoms with van der Waals surface area (Å²) in [7, 11) is 0. The van der Waals surface area contributed by atoms with Crippen LogP contribution >= 0.6 is 23.2 Å². The largest absolute Gasteiger partial charge is 0.334 e. The van der Waals surface area contributed by atoms with Crippen molar-refractivity contribution in [2.75, 3.05) is 6.54 Å². The Morgan fingerprint density at radius 2 is 2.05 bits per heavy atom. The van der Waals surface area contributed by atoms with E-state index in [1.807, 2.05) is 6.07 Å². The third kappa shape index (κ3) is 2.97. The molecule has 0 radical (unpaired) electrons. The van der Waals surface area contributed by atoms with Crippen LogP contribution in [0.4, 0.5) is 0 Å². The van der Waals surface area contributed by atoms with Crippen molar-refractivity contribution >= 4 is 23.2 Å². The lowest BCUT2D eigenvalue weighted by molar-refractivity contribution is 0.402. The fraction of sp³-hybridized carbons (Fsp3) is 0.429. The zero-order chi connectivity index (χ0) is 13.9. The summed E-state index contributed by atoms with van der Waals surface area (Å²) < 4.78 is 5.34.